The molecule has 54 heavy (non-hydrogen) atoms. The standard InChI is InChI=1S/C41H55N5O8/c1-27(2)37(44(5)41(53)54-26-32-30-18-10-8-16-28(30)29-17-9-11-19-31(29)32)40(52)43(4)33(38(50)45-20-12-6-13-21-45)24-35(47)42(3)34(25-36(48)49)39(51)46-22-14-7-15-23-46/h8-11,16-19,27,32-34,37H,6-7,12-15,20-26H2,1-5H3,(H,48,49)/t33-,34-,37+/m0/s1. The van der Waals surface area contributed by atoms with Gasteiger partial charge in [-0.25, -0.2) is 4.79 Å². The van der Waals surface area contributed by atoms with E-state index in [0.29, 0.717) is 26.2 Å². The molecule has 0 saturated carbocycles. The van der Waals surface area contributed by atoms with Crippen molar-refractivity contribution in [3.63, 3.8) is 0 Å². The molecule has 13 nitrogen and oxygen atoms in total. The topological polar surface area (TPSA) is 148 Å². The predicted octanol–water partition coefficient (Wildman–Crippen LogP) is 4.44. The van der Waals surface area contributed by atoms with Crippen molar-refractivity contribution in [2.45, 2.75) is 89.3 Å². The van der Waals surface area contributed by atoms with E-state index in [4.69, 9.17) is 4.74 Å². The Morgan fingerprint density at radius 2 is 1.15 bits per heavy atom. The van der Waals surface area contributed by atoms with Gasteiger partial charge >= 0.3 is 12.1 Å². The molecule has 13 heteroatoms. The van der Waals surface area contributed by atoms with Gasteiger partial charge in [0.1, 0.15) is 24.7 Å². The number of carboxylic acid groups (broad SMARTS) is 1. The van der Waals surface area contributed by atoms with Crippen LogP contribution in [-0.2, 0) is 28.7 Å². The van der Waals surface area contributed by atoms with Crippen LogP contribution in [0.15, 0.2) is 48.5 Å². The summed E-state index contributed by atoms with van der Waals surface area (Å²) in [5.74, 6) is -3.82. The highest BCUT2D eigenvalue weighted by molar-refractivity contribution is 5.96. The lowest BCUT2D eigenvalue weighted by Crippen LogP contribution is -2.58. The summed E-state index contributed by atoms with van der Waals surface area (Å²) in [4.78, 5) is 88.5. The van der Waals surface area contributed by atoms with Crippen molar-refractivity contribution in [1.29, 1.82) is 0 Å². The van der Waals surface area contributed by atoms with E-state index in [2.05, 4.69) is 0 Å². The molecule has 0 radical (unpaired) electrons. The summed E-state index contributed by atoms with van der Waals surface area (Å²) < 4.78 is 5.89. The van der Waals surface area contributed by atoms with Gasteiger partial charge in [0, 0.05) is 53.2 Å². The van der Waals surface area contributed by atoms with Gasteiger partial charge < -0.3 is 29.4 Å². The van der Waals surface area contributed by atoms with Crippen molar-refractivity contribution in [2.75, 3.05) is 53.9 Å². The molecule has 5 amide bonds. The number of carboxylic acids is 1. The van der Waals surface area contributed by atoms with Gasteiger partial charge in [-0.05, 0) is 66.7 Å². The smallest absolute Gasteiger partial charge is 0.410 e. The second-order valence-corrected chi connectivity index (χ2v) is 15.2. The Hall–Kier alpha value is -4.94. The first-order chi connectivity index (χ1) is 25.8. The third-order valence-electron chi connectivity index (χ3n) is 11.2. The number of rotatable bonds is 13. The van der Waals surface area contributed by atoms with E-state index in [1.165, 1.54) is 30.9 Å². The maximum atomic E-state index is 14.4. The first-order valence-corrected chi connectivity index (χ1v) is 19.2. The second kappa shape index (κ2) is 17.9. The zero-order valence-electron chi connectivity index (χ0n) is 32.2. The number of nitrogens with zero attached hydrogens (tertiary/aromatic N) is 5. The van der Waals surface area contributed by atoms with Crippen LogP contribution in [0.25, 0.3) is 11.1 Å². The van der Waals surface area contributed by atoms with Crippen molar-refractivity contribution < 1.29 is 38.6 Å². The van der Waals surface area contributed by atoms with E-state index in [-0.39, 0.29) is 12.5 Å². The molecule has 2 saturated heterocycles. The lowest BCUT2D eigenvalue weighted by molar-refractivity contribution is -0.154. The summed E-state index contributed by atoms with van der Waals surface area (Å²) >= 11 is 0. The Morgan fingerprint density at radius 1 is 0.685 bits per heavy atom. The summed E-state index contributed by atoms with van der Waals surface area (Å²) in [6, 6.07) is 12.5. The molecule has 3 atom stereocenters. The Bertz CT molecular complexity index is 1660. The minimum atomic E-state index is -1.26. The molecule has 0 aromatic heterocycles. The van der Waals surface area contributed by atoms with E-state index in [1.807, 2.05) is 48.5 Å². The molecule has 2 aliphatic heterocycles. The normalized spacial score (nSPS) is 17.1. The molecule has 0 unspecified atom stereocenters. The minimum absolute atomic E-state index is 0.0661. The highest BCUT2D eigenvalue weighted by Gasteiger charge is 2.42. The lowest BCUT2D eigenvalue weighted by atomic mass is 9.98. The molecule has 2 aromatic rings. The minimum Gasteiger partial charge on any atom is -0.481 e. The highest BCUT2D eigenvalue weighted by Crippen LogP contribution is 2.44. The number of carbonyl (C=O) groups excluding carboxylic acids is 5. The van der Waals surface area contributed by atoms with Gasteiger partial charge in [-0.1, -0.05) is 62.4 Å². The maximum absolute atomic E-state index is 14.4. The third kappa shape index (κ3) is 8.88. The van der Waals surface area contributed by atoms with E-state index in [1.54, 1.807) is 23.6 Å². The summed E-state index contributed by atoms with van der Waals surface area (Å²) in [7, 11) is 4.33. The number of benzene rings is 2. The quantitative estimate of drug-likeness (QED) is 0.317. The fourth-order valence-electron chi connectivity index (χ4n) is 8.15. The Morgan fingerprint density at radius 3 is 1.61 bits per heavy atom. The van der Waals surface area contributed by atoms with Gasteiger partial charge in [-0.2, -0.15) is 0 Å². The average Bonchev–Trinajstić information content (AvgIpc) is 3.50. The molecular formula is C41H55N5O8. The van der Waals surface area contributed by atoms with Crippen LogP contribution in [0, 0.1) is 5.92 Å². The average molecular weight is 746 g/mol. The van der Waals surface area contributed by atoms with Crippen LogP contribution in [0.3, 0.4) is 0 Å². The van der Waals surface area contributed by atoms with Gasteiger partial charge in [0.15, 0.2) is 0 Å². The van der Waals surface area contributed by atoms with Crippen LogP contribution in [0.1, 0.15) is 82.3 Å². The van der Waals surface area contributed by atoms with Crippen molar-refractivity contribution in [1.82, 2.24) is 24.5 Å². The van der Waals surface area contributed by atoms with E-state index in [0.717, 1.165) is 65.7 Å². The number of likely N-dealkylation sites (N-methyl/N-ethyl adjacent to an activating group) is 3. The molecular weight excluding hydrogens is 690 g/mol. The molecule has 2 heterocycles. The fourth-order valence-corrected chi connectivity index (χ4v) is 8.15. The Balaban J connectivity index is 1.34. The molecule has 0 spiro atoms. The van der Waals surface area contributed by atoms with Crippen LogP contribution in [-0.4, -0.2) is 137 Å². The predicted molar refractivity (Wildman–Crippen MR) is 202 cm³/mol. The molecule has 3 aliphatic rings. The van der Waals surface area contributed by atoms with Crippen LogP contribution in [0.4, 0.5) is 4.79 Å². The van der Waals surface area contributed by atoms with Crippen molar-refractivity contribution in [3.8, 4) is 11.1 Å². The number of aliphatic carboxylic acids is 1. The maximum Gasteiger partial charge on any atom is 0.410 e. The second-order valence-electron chi connectivity index (χ2n) is 15.2. The molecule has 0 bridgehead atoms. The van der Waals surface area contributed by atoms with Crippen LogP contribution in [0.2, 0.25) is 0 Å². The van der Waals surface area contributed by atoms with E-state index in [9.17, 15) is 33.9 Å². The summed E-state index contributed by atoms with van der Waals surface area (Å²) in [5, 5.41) is 9.69. The van der Waals surface area contributed by atoms with Gasteiger partial charge in [-0.3, -0.25) is 28.9 Å². The molecule has 292 valence electrons. The van der Waals surface area contributed by atoms with Crippen LogP contribution < -0.4 is 0 Å². The molecule has 1 aliphatic carbocycles. The largest absolute Gasteiger partial charge is 0.481 e. The number of carbonyl (C=O) groups is 6. The zero-order valence-corrected chi connectivity index (χ0v) is 32.2. The summed E-state index contributed by atoms with van der Waals surface area (Å²) in [6.07, 6.45) is 3.35. The number of hydrogen-bond donors (Lipinski definition) is 1. The first kappa shape index (κ1) is 40.2. The molecule has 2 aromatic carbocycles. The summed E-state index contributed by atoms with van der Waals surface area (Å²) in [6.45, 7) is 5.58. The van der Waals surface area contributed by atoms with Gasteiger partial charge in [0.25, 0.3) is 0 Å². The zero-order chi connectivity index (χ0) is 39.1. The lowest BCUT2D eigenvalue weighted by Gasteiger charge is -2.39. The van der Waals surface area contributed by atoms with Crippen molar-refractivity contribution in [2.24, 2.45) is 5.92 Å². The Kier molecular flexibility index (Phi) is 13.4. The number of ether oxygens (including phenoxy) is 1. The summed E-state index contributed by atoms with van der Waals surface area (Å²) in [5.41, 5.74) is 4.30. The van der Waals surface area contributed by atoms with Crippen LogP contribution in [0.5, 0.6) is 0 Å². The molecule has 2 fully saturated rings. The van der Waals surface area contributed by atoms with Crippen LogP contribution >= 0.6 is 0 Å². The SMILES string of the molecule is CC(C)[C@H](C(=O)N(C)[C@@H](CC(=O)N(C)[C@@H](CC(=O)O)C(=O)N1CCCCC1)C(=O)N1CCCCC1)N(C)C(=O)OCC1c2ccccc2-c2ccccc21. The number of fused-ring (bicyclic) bond motifs is 3. The fraction of sp³-hybridized carbons (Fsp3) is 0.561. The highest BCUT2D eigenvalue weighted by atomic mass is 16.6. The Labute approximate surface area is 318 Å². The van der Waals surface area contributed by atoms with Gasteiger partial charge in [0.2, 0.25) is 23.6 Å². The van der Waals surface area contributed by atoms with Crippen molar-refractivity contribution >= 4 is 35.7 Å². The number of amides is 5. The number of hydrogen-bond acceptors (Lipinski definition) is 7. The first-order valence-electron chi connectivity index (χ1n) is 19.2. The third-order valence-corrected chi connectivity index (χ3v) is 11.2. The van der Waals surface area contributed by atoms with Crippen molar-refractivity contribution in [3.05, 3.63) is 59.7 Å². The van der Waals surface area contributed by atoms with E-state index >= 15 is 0 Å². The monoisotopic (exact) mass is 745 g/mol. The van der Waals surface area contributed by atoms with Gasteiger partial charge in [0.05, 0.1) is 12.8 Å². The van der Waals surface area contributed by atoms with Gasteiger partial charge in [-0.15, -0.1) is 0 Å². The number of likely N-dealkylation sites (tertiary alicyclic amines) is 2. The van der Waals surface area contributed by atoms with E-state index < -0.39 is 72.6 Å². The molecule has 1 N–H and O–H groups in total. The molecule has 5 rings (SSSR count). The number of piperidine rings is 2.